The zero-order chi connectivity index (χ0) is 22.0. The van der Waals surface area contributed by atoms with Crippen LogP contribution in [-0.2, 0) is 0 Å². The molecule has 0 atom stereocenters. The number of carboxylic acid groups (broad SMARTS) is 1. The molecule has 0 fully saturated rings. The number of carbonyl (C=O) groups excluding carboxylic acids is 1. The number of halogens is 1. The van der Waals surface area contributed by atoms with Crippen LogP contribution >= 0.6 is 11.3 Å². The van der Waals surface area contributed by atoms with Crippen molar-refractivity contribution in [2.75, 3.05) is 11.9 Å². The smallest absolute Gasteiger partial charge is 0.354 e. The first-order chi connectivity index (χ1) is 15.0. The standard InChI is InChI=1S/C21H16FN5O3S/c1-2-23-20(30)27-21-26-17-16(22)12(11-6-7-15(19(28)29)25-10-11)9-13(18(17)31-21)14-5-3-4-8-24-14/h3-10H,2H2,1H3,(H,28,29)(H2,23,26,27,30). The van der Waals surface area contributed by atoms with Crippen molar-refractivity contribution in [1.82, 2.24) is 20.3 Å². The summed E-state index contributed by atoms with van der Waals surface area (Å²) < 4.78 is 16.0. The molecule has 1 aromatic carbocycles. The molecule has 10 heteroatoms. The van der Waals surface area contributed by atoms with Crippen LogP contribution in [0.25, 0.3) is 32.6 Å². The van der Waals surface area contributed by atoms with Crippen LogP contribution in [0.15, 0.2) is 48.8 Å². The minimum absolute atomic E-state index is 0.0808. The number of amides is 2. The highest BCUT2D eigenvalue weighted by molar-refractivity contribution is 7.22. The molecule has 0 saturated heterocycles. The molecule has 3 aromatic heterocycles. The van der Waals surface area contributed by atoms with E-state index < -0.39 is 17.8 Å². The van der Waals surface area contributed by atoms with Gasteiger partial charge in [0.1, 0.15) is 11.2 Å². The molecule has 0 aliphatic carbocycles. The monoisotopic (exact) mass is 437 g/mol. The lowest BCUT2D eigenvalue weighted by atomic mass is 10.0. The maximum Gasteiger partial charge on any atom is 0.354 e. The highest BCUT2D eigenvalue weighted by Crippen LogP contribution is 2.40. The van der Waals surface area contributed by atoms with Crippen molar-refractivity contribution in [3.8, 4) is 22.4 Å². The largest absolute Gasteiger partial charge is 0.477 e. The molecule has 0 aliphatic rings. The summed E-state index contributed by atoms with van der Waals surface area (Å²) in [7, 11) is 0. The molecule has 0 radical (unpaired) electrons. The number of carboxylic acids is 1. The Morgan fingerprint density at radius 3 is 2.65 bits per heavy atom. The van der Waals surface area contributed by atoms with Crippen LogP contribution in [0.3, 0.4) is 0 Å². The summed E-state index contributed by atoms with van der Waals surface area (Å²) in [6.07, 6.45) is 2.93. The number of aromatic nitrogens is 3. The Hall–Kier alpha value is -3.92. The van der Waals surface area contributed by atoms with E-state index >= 15 is 4.39 Å². The molecule has 0 unspecified atom stereocenters. The molecule has 4 rings (SSSR count). The van der Waals surface area contributed by atoms with E-state index in [2.05, 4.69) is 25.6 Å². The summed E-state index contributed by atoms with van der Waals surface area (Å²) in [6, 6.07) is 9.37. The fraction of sp³-hybridized carbons (Fsp3) is 0.0952. The average molecular weight is 437 g/mol. The number of benzene rings is 1. The van der Waals surface area contributed by atoms with Gasteiger partial charge in [0.2, 0.25) is 0 Å². The minimum atomic E-state index is -1.17. The van der Waals surface area contributed by atoms with Crippen LogP contribution in [0.4, 0.5) is 14.3 Å². The van der Waals surface area contributed by atoms with Gasteiger partial charge in [0.05, 0.1) is 10.4 Å². The van der Waals surface area contributed by atoms with Gasteiger partial charge in [-0.2, -0.15) is 0 Å². The molecule has 3 heterocycles. The van der Waals surface area contributed by atoms with Crippen molar-refractivity contribution in [3.05, 3.63) is 60.3 Å². The normalized spacial score (nSPS) is 10.8. The molecule has 0 spiro atoms. The third-order valence-electron chi connectivity index (χ3n) is 4.40. The highest BCUT2D eigenvalue weighted by atomic mass is 32.1. The van der Waals surface area contributed by atoms with Gasteiger partial charge in [-0.15, -0.1) is 0 Å². The zero-order valence-electron chi connectivity index (χ0n) is 16.2. The second kappa shape index (κ2) is 8.44. The SMILES string of the molecule is CCNC(=O)Nc1nc2c(F)c(-c3ccc(C(=O)O)nc3)cc(-c3ccccn3)c2s1. The lowest BCUT2D eigenvalue weighted by molar-refractivity contribution is 0.0690. The van der Waals surface area contributed by atoms with Gasteiger partial charge < -0.3 is 10.4 Å². The lowest BCUT2D eigenvalue weighted by Gasteiger charge is -2.09. The van der Waals surface area contributed by atoms with Crippen LogP contribution in [-0.4, -0.2) is 38.6 Å². The van der Waals surface area contributed by atoms with Gasteiger partial charge in [-0.3, -0.25) is 10.3 Å². The van der Waals surface area contributed by atoms with Gasteiger partial charge in [-0.1, -0.05) is 23.5 Å². The third kappa shape index (κ3) is 4.05. The summed E-state index contributed by atoms with van der Waals surface area (Å²) in [5.41, 5.74) is 1.78. The second-order valence-corrected chi connectivity index (χ2v) is 7.42. The third-order valence-corrected chi connectivity index (χ3v) is 5.40. The number of hydrogen-bond acceptors (Lipinski definition) is 6. The lowest BCUT2D eigenvalue weighted by Crippen LogP contribution is -2.28. The molecule has 31 heavy (non-hydrogen) atoms. The molecule has 4 aromatic rings. The number of nitrogens with zero attached hydrogens (tertiary/aromatic N) is 3. The van der Waals surface area contributed by atoms with Crippen LogP contribution in [0.1, 0.15) is 17.4 Å². The van der Waals surface area contributed by atoms with Gasteiger partial charge in [0.15, 0.2) is 10.9 Å². The van der Waals surface area contributed by atoms with Crippen molar-refractivity contribution in [2.45, 2.75) is 6.92 Å². The highest BCUT2D eigenvalue weighted by Gasteiger charge is 2.21. The van der Waals surface area contributed by atoms with E-state index in [1.807, 2.05) is 6.07 Å². The number of fused-ring (bicyclic) bond motifs is 1. The molecule has 0 saturated carbocycles. The first-order valence-corrected chi connectivity index (χ1v) is 10.1. The Labute approximate surface area is 179 Å². The molecule has 2 amide bonds. The van der Waals surface area contributed by atoms with Crippen LogP contribution in [0.2, 0.25) is 0 Å². The molecule has 3 N–H and O–H groups in total. The van der Waals surface area contributed by atoms with Crippen LogP contribution in [0.5, 0.6) is 0 Å². The topological polar surface area (TPSA) is 117 Å². The number of thiazole rings is 1. The fourth-order valence-corrected chi connectivity index (χ4v) is 3.99. The van der Waals surface area contributed by atoms with E-state index in [-0.39, 0.29) is 21.9 Å². The summed E-state index contributed by atoms with van der Waals surface area (Å²) in [4.78, 5) is 35.5. The molecule has 156 valence electrons. The maximum atomic E-state index is 15.5. The van der Waals surface area contributed by atoms with Crippen molar-refractivity contribution in [3.63, 3.8) is 0 Å². The van der Waals surface area contributed by atoms with E-state index in [0.29, 0.717) is 28.1 Å². The van der Waals surface area contributed by atoms with Gasteiger partial charge in [-0.25, -0.2) is 23.9 Å². The predicted molar refractivity (Wildman–Crippen MR) is 116 cm³/mol. The summed E-state index contributed by atoms with van der Waals surface area (Å²) in [5.74, 6) is -1.77. The molecular weight excluding hydrogens is 421 g/mol. The molecule has 0 aliphatic heterocycles. The summed E-state index contributed by atoms with van der Waals surface area (Å²) >= 11 is 1.14. The summed E-state index contributed by atoms with van der Waals surface area (Å²) in [6.45, 7) is 2.22. The number of anilines is 1. The summed E-state index contributed by atoms with van der Waals surface area (Å²) in [5, 5.41) is 14.5. The second-order valence-electron chi connectivity index (χ2n) is 6.42. The van der Waals surface area contributed by atoms with Crippen molar-refractivity contribution in [2.24, 2.45) is 0 Å². The minimum Gasteiger partial charge on any atom is -0.477 e. The first-order valence-electron chi connectivity index (χ1n) is 9.27. The number of nitrogens with one attached hydrogen (secondary N) is 2. The quantitative estimate of drug-likeness (QED) is 0.426. The first kappa shape index (κ1) is 20.4. The van der Waals surface area contributed by atoms with E-state index in [9.17, 15) is 9.59 Å². The van der Waals surface area contributed by atoms with E-state index in [1.165, 1.54) is 18.3 Å². The fourth-order valence-electron chi connectivity index (χ4n) is 3.01. The van der Waals surface area contributed by atoms with Crippen LogP contribution < -0.4 is 10.6 Å². The maximum absolute atomic E-state index is 15.5. The Balaban J connectivity index is 1.90. The number of pyridine rings is 2. The average Bonchev–Trinajstić information content (AvgIpc) is 3.19. The van der Waals surface area contributed by atoms with E-state index in [0.717, 1.165) is 11.3 Å². The number of urea groups is 1. The Kier molecular flexibility index (Phi) is 5.54. The Morgan fingerprint density at radius 1 is 1.16 bits per heavy atom. The predicted octanol–water partition coefficient (Wildman–Crippen LogP) is 4.40. The Bertz CT molecular complexity index is 1280. The van der Waals surface area contributed by atoms with Crippen molar-refractivity contribution in [1.29, 1.82) is 0 Å². The van der Waals surface area contributed by atoms with E-state index in [1.54, 1.807) is 31.3 Å². The van der Waals surface area contributed by atoms with Crippen LogP contribution in [0, 0.1) is 5.82 Å². The van der Waals surface area contributed by atoms with Gasteiger partial charge in [-0.05, 0) is 31.2 Å². The molecule has 8 nitrogen and oxygen atoms in total. The van der Waals surface area contributed by atoms with Gasteiger partial charge in [0, 0.05) is 35.6 Å². The molecular formula is C21H16FN5O3S. The van der Waals surface area contributed by atoms with Gasteiger partial charge >= 0.3 is 12.0 Å². The zero-order valence-corrected chi connectivity index (χ0v) is 17.0. The van der Waals surface area contributed by atoms with Gasteiger partial charge in [0.25, 0.3) is 0 Å². The number of rotatable bonds is 5. The van der Waals surface area contributed by atoms with E-state index in [4.69, 9.17) is 5.11 Å². The Morgan fingerprint density at radius 2 is 2.00 bits per heavy atom. The van der Waals surface area contributed by atoms with Crippen molar-refractivity contribution >= 4 is 38.7 Å². The number of aromatic carboxylic acids is 1. The molecule has 0 bridgehead atoms. The number of carbonyl (C=O) groups is 2. The van der Waals surface area contributed by atoms with Crippen molar-refractivity contribution < 1.29 is 19.1 Å². The number of hydrogen-bond donors (Lipinski definition) is 3.